The van der Waals surface area contributed by atoms with Crippen LogP contribution in [0.2, 0.25) is 0 Å². The standard InChI is InChI=1S/C15H23NO3S/c1-19-15-6-4-3-5-14(15)16-11-12-7-9-13(10-8-12)20(2,17)18/h7-10,14-16H,3-6,11H2,1-2H3. The van der Waals surface area contributed by atoms with Crippen LogP contribution >= 0.6 is 0 Å². The van der Waals surface area contributed by atoms with Crippen LogP contribution < -0.4 is 5.32 Å². The number of hydrogen-bond acceptors (Lipinski definition) is 4. The quantitative estimate of drug-likeness (QED) is 0.904. The first-order chi connectivity index (χ1) is 9.50. The Bertz CT molecular complexity index is 525. The highest BCUT2D eigenvalue weighted by molar-refractivity contribution is 7.90. The lowest BCUT2D eigenvalue weighted by Crippen LogP contribution is -2.42. The Kier molecular flexibility index (Phi) is 5.18. The maximum atomic E-state index is 11.4. The van der Waals surface area contributed by atoms with E-state index in [1.165, 1.54) is 19.1 Å². The maximum absolute atomic E-state index is 11.4. The lowest BCUT2D eigenvalue weighted by molar-refractivity contribution is 0.0413. The van der Waals surface area contributed by atoms with Gasteiger partial charge >= 0.3 is 0 Å². The average molecular weight is 297 g/mol. The zero-order valence-corrected chi connectivity index (χ0v) is 12.9. The van der Waals surface area contributed by atoms with E-state index in [-0.39, 0.29) is 0 Å². The summed E-state index contributed by atoms with van der Waals surface area (Å²) in [6.07, 6.45) is 6.25. The number of rotatable bonds is 5. The van der Waals surface area contributed by atoms with Gasteiger partial charge in [-0.1, -0.05) is 25.0 Å². The molecule has 1 aliphatic carbocycles. The third kappa shape index (κ3) is 4.04. The SMILES string of the molecule is COC1CCCCC1NCc1ccc(S(C)(=O)=O)cc1. The molecule has 0 spiro atoms. The van der Waals surface area contributed by atoms with Crippen molar-refractivity contribution in [2.45, 2.75) is 49.3 Å². The summed E-state index contributed by atoms with van der Waals surface area (Å²) in [6.45, 7) is 0.745. The van der Waals surface area contributed by atoms with E-state index in [2.05, 4.69) is 5.32 Å². The molecule has 20 heavy (non-hydrogen) atoms. The Balaban J connectivity index is 1.93. The van der Waals surface area contributed by atoms with Gasteiger partial charge in [-0.05, 0) is 30.5 Å². The van der Waals surface area contributed by atoms with Gasteiger partial charge in [-0.2, -0.15) is 0 Å². The molecule has 1 fully saturated rings. The van der Waals surface area contributed by atoms with E-state index < -0.39 is 9.84 Å². The van der Waals surface area contributed by atoms with Crippen LogP contribution in [-0.2, 0) is 21.1 Å². The summed E-state index contributed by atoms with van der Waals surface area (Å²) in [6, 6.07) is 7.47. The molecule has 2 rings (SSSR count). The Morgan fingerprint density at radius 2 is 1.85 bits per heavy atom. The summed E-state index contributed by atoms with van der Waals surface area (Å²) >= 11 is 0. The molecule has 0 bridgehead atoms. The topological polar surface area (TPSA) is 55.4 Å². The third-order valence-electron chi connectivity index (χ3n) is 3.93. The van der Waals surface area contributed by atoms with Crippen LogP contribution in [0.4, 0.5) is 0 Å². The summed E-state index contributed by atoms with van der Waals surface area (Å²) in [5.41, 5.74) is 1.10. The van der Waals surface area contributed by atoms with Crippen LogP contribution in [0.15, 0.2) is 29.2 Å². The molecular formula is C15H23NO3S. The van der Waals surface area contributed by atoms with Crippen LogP contribution in [0.3, 0.4) is 0 Å². The summed E-state index contributed by atoms with van der Waals surface area (Å²) in [7, 11) is -1.34. The van der Waals surface area contributed by atoms with Crippen molar-refractivity contribution in [3.05, 3.63) is 29.8 Å². The second-order valence-corrected chi connectivity index (χ2v) is 7.48. The van der Waals surface area contributed by atoms with E-state index in [4.69, 9.17) is 4.74 Å². The van der Waals surface area contributed by atoms with Crippen molar-refractivity contribution < 1.29 is 13.2 Å². The molecule has 2 atom stereocenters. The van der Waals surface area contributed by atoms with Gasteiger partial charge in [-0.25, -0.2) is 8.42 Å². The van der Waals surface area contributed by atoms with Crippen molar-refractivity contribution in [3.8, 4) is 0 Å². The van der Waals surface area contributed by atoms with Gasteiger partial charge in [0, 0.05) is 26.0 Å². The fraction of sp³-hybridized carbons (Fsp3) is 0.600. The number of nitrogens with one attached hydrogen (secondary N) is 1. The molecule has 4 nitrogen and oxygen atoms in total. The molecule has 0 amide bonds. The molecule has 1 aromatic carbocycles. The zero-order chi connectivity index (χ0) is 14.6. The highest BCUT2D eigenvalue weighted by atomic mass is 32.2. The van der Waals surface area contributed by atoms with E-state index >= 15 is 0 Å². The second-order valence-electron chi connectivity index (χ2n) is 5.46. The predicted octanol–water partition coefficient (Wildman–Crippen LogP) is 2.14. The maximum Gasteiger partial charge on any atom is 0.175 e. The Hall–Kier alpha value is -0.910. The van der Waals surface area contributed by atoms with Crippen LogP contribution in [0.5, 0.6) is 0 Å². The van der Waals surface area contributed by atoms with E-state index in [1.54, 1.807) is 19.2 Å². The van der Waals surface area contributed by atoms with Gasteiger partial charge < -0.3 is 10.1 Å². The molecular weight excluding hydrogens is 274 g/mol. The van der Waals surface area contributed by atoms with Gasteiger partial charge in [-0.15, -0.1) is 0 Å². The van der Waals surface area contributed by atoms with E-state index in [0.717, 1.165) is 24.9 Å². The predicted molar refractivity (Wildman–Crippen MR) is 79.4 cm³/mol. The summed E-state index contributed by atoms with van der Waals surface area (Å²) in [5.74, 6) is 0. The van der Waals surface area contributed by atoms with E-state index in [1.807, 2.05) is 12.1 Å². The molecule has 1 aromatic rings. The van der Waals surface area contributed by atoms with Crippen molar-refractivity contribution in [1.82, 2.24) is 5.32 Å². The zero-order valence-electron chi connectivity index (χ0n) is 12.1. The summed E-state index contributed by atoms with van der Waals surface area (Å²) in [4.78, 5) is 0.369. The smallest absolute Gasteiger partial charge is 0.175 e. The second kappa shape index (κ2) is 6.70. The van der Waals surface area contributed by atoms with Gasteiger partial charge in [0.2, 0.25) is 0 Å². The molecule has 0 heterocycles. The molecule has 0 aliphatic heterocycles. The van der Waals surface area contributed by atoms with Crippen LogP contribution in [0.1, 0.15) is 31.2 Å². The largest absolute Gasteiger partial charge is 0.380 e. The van der Waals surface area contributed by atoms with Crippen molar-refractivity contribution >= 4 is 9.84 Å². The van der Waals surface area contributed by atoms with E-state index in [9.17, 15) is 8.42 Å². The summed E-state index contributed by atoms with van der Waals surface area (Å²) in [5, 5.41) is 3.52. The number of ether oxygens (including phenoxy) is 1. The van der Waals surface area contributed by atoms with Crippen LogP contribution in [0.25, 0.3) is 0 Å². The third-order valence-corrected chi connectivity index (χ3v) is 5.05. The molecule has 2 unspecified atom stereocenters. The van der Waals surface area contributed by atoms with E-state index in [0.29, 0.717) is 17.0 Å². The van der Waals surface area contributed by atoms with Crippen molar-refractivity contribution in [2.24, 2.45) is 0 Å². The minimum absolute atomic E-state index is 0.291. The molecule has 112 valence electrons. The van der Waals surface area contributed by atoms with Gasteiger partial charge in [0.25, 0.3) is 0 Å². The molecule has 1 aliphatic rings. The van der Waals surface area contributed by atoms with Crippen molar-refractivity contribution in [1.29, 1.82) is 0 Å². The lowest BCUT2D eigenvalue weighted by atomic mass is 9.92. The molecule has 1 saturated carbocycles. The number of benzene rings is 1. The molecule has 5 heteroatoms. The fourth-order valence-corrected chi connectivity index (χ4v) is 3.35. The highest BCUT2D eigenvalue weighted by Gasteiger charge is 2.24. The number of sulfone groups is 1. The normalized spacial score (nSPS) is 23.7. The number of methoxy groups -OCH3 is 1. The minimum atomic E-state index is -3.11. The monoisotopic (exact) mass is 297 g/mol. The molecule has 0 radical (unpaired) electrons. The minimum Gasteiger partial charge on any atom is -0.380 e. The Morgan fingerprint density at radius 3 is 2.45 bits per heavy atom. The number of hydrogen-bond donors (Lipinski definition) is 1. The van der Waals surface area contributed by atoms with Gasteiger partial charge in [0.15, 0.2) is 9.84 Å². The van der Waals surface area contributed by atoms with Crippen LogP contribution in [0, 0.1) is 0 Å². The molecule has 1 N–H and O–H groups in total. The van der Waals surface area contributed by atoms with Crippen molar-refractivity contribution in [2.75, 3.05) is 13.4 Å². The first-order valence-corrected chi connectivity index (χ1v) is 8.95. The lowest BCUT2D eigenvalue weighted by Gasteiger charge is -2.31. The van der Waals surface area contributed by atoms with Gasteiger partial charge in [-0.3, -0.25) is 0 Å². The van der Waals surface area contributed by atoms with Gasteiger partial charge in [0.05, 0.1) is 11.0 Å². The summed E-state index contributed by atoms with van der Waals surface area (Å²) < 4.78 is 28.3. The van der Waals surface area contributed by atoms with Crippen LogP contribution in [-0.4, -0.2) is 33.9 Å². The Morgan fingerprint density at radius 1 is 1.20 bits per heavy atom. The molecule has 0 aromatic heterocycles. The molecule has 0 saturated heterocycles. The highest BCUT2D eigenvalue weighted by Crippen LogP contribution is 2.21. The Labute approximate surface area is 121 Å². The average Bonchev–Trinajstić information content (AvgIpc) is 2.45. The fourth-order valence-electron chi connectivity index (χ4n) is 2.72. The first-order valence-electron chi connectivity index (χ1n) is 7.06. The first kappa shape index (κ1) is 15.5. The van der Waals surface area contributed by atoms with Gasteiger partial charge in [0.1, 0.15) is 0 Å². The van der Waals surface area contributed by atoms with Crippen molar-refractivity contribution in [3.63, 3.8) is 0 Å².